The smallest absolute Gasteiger partial charge is 0.303 e. The number of allylic oxidation sites excluding steroid dienone is 1. The van der Waals surface area contributed by atoms with Crippen molar-refractivity contribution in [2.24, 2.45) is 28.6 Å². The number of aliphatic carboxylic acids is 1. The highest BCUT2D eigenvalue weighted by Gasteiger charge is 2.63. The Morgan fingerprint density at radius 1 is 1.15 bits per heavy atom. The molecule has 4 rings (SSSR count). The Bertz CT molecular complexity index is 628. The van der Waals surface area contributed by atoms with Crippen LogP contribution in [0.2, 0.25) is 0 Å². The highest BCUT2D eigenvalue weighted by Crippen LogP contribution is 2.67. The van der Waals surface area contributed by atoms with Crippen LogP contribution >= 0.6 is 0 Å². The van der Waals surface area contributed by atoms with Crippen LogP contribution < -0.4 is 0 Å². The summed E-state index contributed by atoms with van der Waals surface area (Å²) in [6, 6.07) is 0. The van der Waals surface area contributed by atoms with Crippen molar-refractivity contribution in [2.75, 3.05) is 0 Å². The molecule has 0 aromatic heterocycles. The van der Waals surface area contributed by atoms with Gasteiger partial charge in [0.1, 0.15) is 0 Å². The zero-order valence-corrected chi connectivity index (χ0v) is 16.2. The SMILES string of the molecule is C[C@]12CC[C@H](O)CC1=CC[C@@H]1[C@@H]2CC[C@@]2(C)[C@H]1CC[C@@]2(O)CCC(=O)O. The standard InChI is InChI=1S/C22H34O4/c1-20-9-5-15(23)13-14(20)3-4-16-17(20)6-10-21(2)18(16)7-11-22(21,26)12-8-19(24)25/h3,15-18,23,26H,4-13H2,1-2H3,(H,24,25)/t15-,16+,17-,18-,20-,21-,22+/m0/s1. The van der Waals surface area contributed by atoms with Crippen molar-refractivity contribution in [3.8, 4) is 0 Å². The topological polar surface area (TPSA) is 77.8 Å². The summed E-state index contributed by atoms with van der Waals surface area (Å²) < 4.78 is 0. The predicted octanol–water partition coefficient (Wildman–Crippen LogP) is 3.91. The molecule has 0 unspecified atom stereocenters. The molecule has 0 aromatic carbocycles. The van der Waals surface area contributed by atoms with Crippen LogP contribution in [-0.2, 0) is 4.79 Å². The molecular weight excluding hydrogens is 328 g/mol. The lowest BCUT2D eigenvalue weighted by molar-refractivity contribution is -0.146. The molecule has 26 heavy (non-hydrogen) atoms. The molecule has 4 heteroatoms. The average molecular weight is 363 g/mol. The molecule has 0 aromatic rings. The highest BCUT2D eigenvalue weighted by atomic mass is 16.4. The first-order chi connectivity index (χ1) is 12.2. The second-order valence-corrected chi connectivity index (χ2v) is 10.1. The summed E-state index contributed by atoms with van der Waals surface area (Å²) in [6.45, 7) is 4.64. The maximum Gasteiger partial charge on any atom is 0.303 e. The summed E-state index contributed by atoms with van der Waals surface area (Å²) in [5.74, 6) is 0.922. The van der Waals surface area contributed by atoms with Gasteiger partial charge in [-0.3, -0.25) is 4.79 Å². The van der Waals surface area contributed by atoms with Crippen LogP contribution in [0.25, 0.3) is 0 Å². The van der Waals surface area contributed by atoms with E-state index in [1.807, 2.05) is 0 Å². The molecule has 0 heterocycles. The van der Waals surface area contributed by atoms with Crippen LogP contribution in [-0.4, -0.2) is 33.0 Å². The summed E-state index contributed by atoms with van der Waals surface area (Å²) in [5.41, 5.74) is 0.708. The molecule has 0 radical (unpaired) electrons. The number of rotatable bonds is 3. The Labute approximate surface area is 156 Å². The van der Waals surface area contributed by atoms with Crippen LogP contribution in [0.15, 0.2) is 11.6 Å². The molecule has 7 atom stereocenters. The highest BCUT2D eigenvalue weighted by molar-refractivity contribution is 5.66. The number of fused-ring (bicyclic) bond motifs is 5. The van der Waals surface area contributed by atoms with Crippen molar-refractivity contribution in [1.29, 1.82) is 0 Å². The molecule has 0 bridgehead atoms. The van der Waals surface area contributed by atoms with Gasteiger partial charge >= 0.3 is 5.97 Å². The van der Waals surface area contributed by atoms with Crippen molar-refractivity contribution in [3.05, 3.63) is 11.6 Å². The molecule has 0 saturated heterocycles. The molecule has 4 aliphatic carbocycles. The van der Waals surface area contributed by atoms with Crippen LogP contribution in [0.1, 0.15) is 78.1 Å². The average Bonchev–Trinajstić information content (AvgIpc) is 2.86. The van der Waals surface area contributed by atoms with Gasteiger partial charge in [-0.1, -0.05) is 25.5 Å². The zero-order chi connectivity index (χ0) is 18.7. The number of carboxylic acid groups (broad SMARTS) is 1. The second-order valence-electron chi connectivity index (χ2n) is 10.1. The van der Waals surface area contributed by atoms with E-state index in [0.29, 0.717) is 24.2 Å². The van der Waals surface area contributed by atoms with Crippen LogP contribution in [0, 0.1) is 28.6 Å². The van der Waals surface area contributed by atoms with Crippen LogP contribution in [0.4, 0.5) is 0 Å². The van der Waals surface area contributed by atoms with Gasteiger partial charge in [0.15, 0.2) is 0 Å². The number of hydrogen-bond acceptors (Lipinski definition) is 3. The third-order valence-corrected chi connectivity index (χ3v) is 9.15. The number of carboxylic acids is 1. The summed E-state index contributed by atoms with van der Waals surface area (Å²) in [6.07, 6.45) is 10.5. The summed E-state index contributed by atoms with van der Waals surface area (Å²) in [7, 11) is 0. The van der Waals surface area contributed by atoms with Gasteiger partial charge in [0.25, 0.3) is 0 Å². The van der Waals surface area contributed by atoms with Gasteiger partial charge in [-0.25, -0.2) is 0 Å². The summed E-state index contributed by atoms with van der Waals surface area (Å²) in [5, 5.41) is 30.6. The molecule has 3 fully saturated rings. The quantitative estimate of drug-likeness (QED) is 0.665. The Balaban J connectivity index is 1.61. The molecule has 4 aliphatic rings. The van der Waals surface area contributed by atoms with Gasteiger partial charge in [0.2, 0.25) is 0 Å². The number of carbonyl (C=O) groups is 1. The lowest BCUT2D eigenvalue weighted by atomic mass is 9.47. The van der Waals surface area contributed by atoms with Gasteiger partial charge < -0.3 is 15.3 Å². The van der Waals surface area contributed by atoms with E-state index in [1.54, 1.807) is 0 Å². The van der Waals surface area contributed by atoms with Crippen LogP contribution in [0.5, 0.6) is 0 Å². The van der Waals surface area contributed by atoms with E-state index in [-0.39, 0.29) is 23.4 Å². The molecule has 3 N–H and O–H groups in total. The largest absolute Gasteiger partial charge is 0.481 e. The first-order valence-electron chi connectivity index (χ1n) is 10.5. The third-order valence-electron chi connectivity index (χ3n) is 9.15. The fourth-order valence-electron chi connectivity index (χ4n) is 7.48. The molecule has 0 aliphatic heterocycles. The number of aliphatic hydroxyl groups is 2. The lowest BCUT2D eigenvalue weighted by Crippen LogP contribution is -2.54. The number of hydrogen-bond donors (Lipinski definition) is 3. The van der Waals surface area contributed by atoms with Crippen molar-refractivity contribution in [1.82, 2.24) is 0 Å². The van der Waals surface area contributed by atoms with Crippen molar-refractivity contribution in [3.63, 3.8) is 0 Å². The van der Waals surface area contributed by atoms with Crippen molar-refractivity contribution < 1.29 is 20.1 Å². The van der Waals surface area contributed by atoms with Gasteiger partial charge in [-0.05, 0) is 86.4 Å². The Hall–Kier alpha value is -0.870. The van der Waals surface area contributed by atoms with Crippen molar-refractivity contribution in [2.45, 2.75) is 89.8 Å². The molecule has 0 amide bonds. The molecule has 3 saturated carbocycles. The molecule has 4 nitrogen and oxygen atoms in total. The van der Waals surface area contributed by atoms with Gasteiger partial charge in [-0.2, -0.15) is 0 Å². The van der Waals surface area contributed by atoms with E-state index in [9.17, 15) is 15.0 Å². The van der Waals surface area contributed by atoms with E-state index < -0.39 is 11.6 Å². The van der Waals surface area contributed by atoms with Gasteiger partial charge in [-0.15, -0.1) is 0 Å². The van der Waals surface area contributed by atoms with E-state index in [2.05, 4.69) is 19.9 Å². The lowest BCUT2D eigenvalue weighted by Gasteiger charge is -2.59. The number of aliphatic hydroxyl groups excluding tert-OH is 1. The third kappa shape index (κ3) is 2.51. The fourth-order valence-corrected chi connectivity index (χ4v) is 7.48. The molecule has 146 valence electrons. The Morgan fingerprint density at radius 3 is 2.62 bits per heavy atom. The Kier molecular flexibility index (Phi) is 4.31. The minimum Gasteiger partial charge on any atom is -0.481 e. The van der Waals surface area contributed by atoms with E-state index in [1.165, 1.54) is 5.57 Å². The van der Waals surface area contributed by atoms with Crippen LogP contribution in [0.3, 0.4) is 0 Å². The first-order valence-corrected chi connectivity index (χ1v) is 10.5. The van der Waals surface area contributed by atoms with Gasteiger partial charge in [0, 0.05) is 6.42 Å². The van der Waals surface area contributed by atoms with Gasteiger partial charge in [0.05, 0.1) is 11.7 Å². The molecule has 0 spiro atoms. The minimum absolute atomic E-state index is 0.0621. The summed E-state index contributed by atoms with van der Waals surface area (Å²) in [4.78, 5) is 11.1. The Morgan fingerprint density at radius 2 is 1.88 bits per heavy atom. The maximum absolute atomic E-state index is 11.4. The summed E-state index contributed by atoms with van der Waals surface area (Å²) >= 11 is 0. The second kappa shape index (κ2) is 6.07. The zero-order valence-electron chi connectivity index (χ0n) is 16.2. The first kappa shape index (κ1) is 18.5. The van der Waals surface area contributed by atoms with Crippen molar-refractivity contribution >= 4 is 5.97 Å². The minimum atomic E-state index is -0.825. The molecular formula is C22H34O4. The predicted molar refractivity (Wildman–Crippen MR) is 99.5 cm³/mol. The van der Waals surface area contributed by atoms with E-state index in [0.717, 1.165) is 51.4 Å². The maximum atomic E-state index is 11.4. The van der Waals surface area contributed by atoms with E-state index >= 15 is 0 Å². The monoisotopic (exact) mass is 362 g/mol. The van der Waals surface area contributed by atoms with E-state index in [4.69, 9.17) is 5.11 Å². The normalized spacial score (nSPS) is 50.4. The fraction of sp³-hybridized carbons (Fsp3) is 0.864.